The number of rotatable bonds is 5. The van der Waals surface area contributed by atoms with Gasteiger partial charge < -0.3 is 20.3 Å². The third kappa shape index (κ3) is 3.12. The van der Waals surface area contributed by atoms with Crippen LogP contribution in [0.25, 0.3) is 11.2 Å². The Balaban J connectivity index is 1.69. The molecule has 0 amide bonds. The number of ether oxygens (including phenoxy) is 2. The van der Waals surface area contributed by atoms with Gasteiger partial charge in [-0.2, -0.15) is 21.7 Å². The summed E-state index contributed by atoms with van der Waals surface area (Å²) in [7, 11) is 0. The maximum Gasteiger partial charge on any atom is 0.320 e. The van der Waals surface area contributed by atoms with Crippen LogP contribution in [0, 0.1) is 0 Å². The lowest BCUT2D eigenvalue weighted by Crippen LogP contribution is -2.28. The number of aliphatic hydroxyl groups is 1. The maximum absolute atomic E-state index is 10.5. The summed E-state index contributed by atoms with van der Waals surface area (Å²) in [5.74, 6) is 1.18. The van der Waals surface area contributed by atoms with Gasteiger partial charge in [0.2, 0.25) is 0 Å². The molecule has 2 fully saturated rings. The van der Waals surface area contributed by atoms with Crippen molar-refractivity contribution in [3.05, 3.63) is 6.33 Å². The van der Waals surface area contributed by atoms with Gasteiger partial charge in [0.15, 0.2) is 23.2 Å². The van der Waals surface area contributed by atoms with Crippen molar-refractivity contribution in [1.82, 2.24) is 19.5 Å². The minimum atomic E-state index is -0.546. The smallest absolute Gasteiger partial charge is 0.320 e. The van der Waals surface area contributed by atoms with Crippen LogP contribution >= 0.6 is 11.8 Å². The van der Waals surface area contributed by atoms with Crippen LogP contribution in [0.5, 0.6) is 6.01 Å². The fourth-order valence-corrected chi connectivity index (χ4v) is 4.89. The largest absolute Gasteiger partial charge is 0.460 e. The van der Waals surface area contributed by atoms with E-state index < -0.39 is 6.10 Å². The Morgan fingerprint density at radius 1 is 1.38 bits per heavy atom. The zero-order chi connectivity index (χ0) is 18.3. The van der Waals surface area contributed by atoms with Crippen LogP contribution < -0.4 is 10.5 Å². The number of aromatic nitrogens is 4. The molecule has 4 rings (SSSR count). The average Bonchev–Trinajstić information content (AvgIpc) is 3.32. The van der Waals surface area contributed by atoms with Gasteiger partial charge in [-0.15, -0.1) is 0 Å². The van der Waals surface area contributed by atoms with E-state index in [4.69, 9.17) is 15.2 Å². The quantitative estimate of drug-likeness (QED) is 0.813. The van der Waals surface area contributed by atoms with Gasteiger partial charge in [0.05, 0.1) is 23.8 Å². The molecule has 2 aromatic heterocycles. The van der Waals surface area contributed by atoms with E-state index in [1.165, 1.54) is 12.8 Å². The Morgan fingerprint density at radius 3 is 2.88 bits per heavy atom. The molecular weight excluding hydrogens is 354 g/mol. The Hall–Kier alpha value is -1.58. The highest BCUT2D eigenvalue weighted by atomic mass is 32.2. The van der Waals surface area contributed by atoms with Gasteiger partial charge >= 0.3 is 6.01 Å². The van der Waals surface area contributed by atoms with Gasteiger partial charge in [0.25, 0.3) is 0 Å². The van der Waals surface area contributed by atoms with E-state index in [1.807, 2.05) is 11.5 Å². The molecule has 2 aliphatic rings. The third-order valence-electron chi connectivity index (χ3n) is 5.09. The van der Waals surface area contributed by atoms with Crippen LogP contribution in [0.1, 0.15) is 45.8 Å². The molecule has 142 valence electrons. The number of anilines is 1. The monoisotopic (exact) mass is 379 g/mol. The number of thioether (sulfide) groups is 1. The zero-order valence-electron chi connectivity index (χ0n) is 15.0. The van der Waals surface area contributed by atoms with Gasteiger partial charge in [-0.3, -0.25) is 4.57 Å². The zero-order valence-corrected chi connectivity index (χ0v) is 15.9. The van der Waals surface area contributed by atoms with Crippen molar-refractivity contribution >= 4 is 28.7 Å². The number of fused-ring (bicyclic) bond motifs is 1. The van der Waals surface area contributed by atoms with E-state index in [2.05, 4.69) is 21.9 Å². The molecule has 0 radical (unpaired) electrons. The molecule has 0 aromatic carbocycles. The minimum Gasteiger partial charge on any atom is -0.460 e. The van der Waals surface area contributed by atoms with Crippen LogP contribution in [-0.4, -0.2) is 53.9 Å². The van der Waals surface area contributed by atoms with Crippen molar-refractivity contribution in [3.8, 4) is 6.01 Å². The number of hydrogen-bond acceptors (Lipinski definition) is 8. The molecule has 0 spiro atoms. The van der Waals surface area contributed by atoms with Crippen LogP contribution in [0.4, 0.5) is 5.82 Å². The van der Waals surface area contributed by atoms with Gasteiger partial charge in [0.1, 0.15) is 6.10 Å². The summed E-state index contributed by atoms with van der Waals surface area (Å²) in [6, 6.07) is 0.287. The molecule has 1 aliphatic carbocycles. The normalized spacial score (nSPS) is 29.7. The number of nitrogens with zero attached hydrogens (tertiary/aromatic N) is 4. The Kier molecular flexibility index (Phi) is 4.94. The topological polar surface area (TPSA) is 108 Å². The van der Waals surface area contributed by atoms with Gasteiger partial charge in [-0.1, -0.05) is 6.92 Å². The molecule has 9 heteroatoms. The second-order valence-corrected chi connectivity index (χ2v) is 8.34. The van der Waals surface area contributed by atoms with Crippen molar-refractivity contribution in [3.63, 3.8) is 0 Å². The molecule has 4 atom stereocenters. The van der Waals surface area contributed by atoms with Crippen molar-refractivity contribution in [2.45, 2.75) is 69.3 Å². The van der Waals surface area contributed by atoms with Crippen LogP contribution in [0.3, 0.4) is 0 Å². The van der Waals surface area contributed by atoms with Crippen LogP contribution in [0.15, 0.2) is 6.33 Å². The first-order chi connectivity index (χ1) is 12.6. The van der Waals surface area contributed by atoms with Crippen LogP contribution in [0.2, 0.25) is 0 Å². The minimum absolute atomic E-state index is 0.0946. The van der Waals surface area contributed by atoms with E-state index in [9.17, 15) is 5.11 Å². The summed E-state index contributed by atoms with van der Waals surface area (Å²) in [5, 5.41) is 10.4. The second kappa shape index (κ2) is 7.21. The standard InChI is InChI=1S/C17H25N5O3S/c1-3-26-13-12(23)9(2)24-16(13)22-8-19-11-14(18)20-17(21-15(11)22)25-10-6-4-5-7-10/h8-10,12-13,16,23H,3-7H2,1-2H3,(H2,18,20,21)/t9-,12-,13+,16-/m1/s1. The summed E-state index contributed by atoms with van der Waals surface area (Å²) in [6.07, 6.45) is 5.03. The summed E-state index contributed by atoms with van der Waals surface area (Å²) in [6.45, 7) is 3.95. The number of imidazole rings is 1. The predicted molar refractivity (Wildman–Crippen MR) is 100 cm³/mol. The first-order valence-electron chi connectivity index (χ1n) is 9.20. The molecule has 1 aliphatic heterocycles. The maximum atomic E-state index is 10.5. The molecule has 2 aromatic rings. The Bertz CT molecular complexity index is 779. The molecule has 3 heterocycles. The molecular formula is C17H25N5O3S. The fraction of sp³-hybridized carbons (Fsp3) is 0.706. The molecule has 8 nitrogen and oxygen atoms in total. The average molecular weight is 379 g/mol. The third-order valence-corrected chi connectivity index (χ3v) is 6.32. The van der Waals surface area contributed by atoms with Crippen molar-refractivity contribution in [2.75, 3.05) is 11.5 Å². The Labute approximate surface area is 156 Å². The second-order valence-electron chi connectivity index (χ2n) is 6.88. The number of hydrogen-bond donors (Lipinski definition) is 2. The molecule has 0 bridgehead atoms. The van der Waals surface area contributed by atoms with E-state index in [-0.39, 0.29) is 29.7 Å². The van der Waals surface area contributed by atoms with Gasteiger partial charge in [-0.05, 0) is 38.4 Å². The highest BCUT2D eigenvalue weighted by molar-refractivity contribution is 7.99. The Morgan fingerprint density at radius 2 is 2.15 bits per heavy atom. The molecule has 0 unspecified atom stereocenters. The summed E-state index contributed by atoms with van der Waals surface area (Å²) in [4.78, 5) is 13.2. The number of aliphatic hydroxyl groups excluding tert-OH is 1. The highest BCUT2D eigenvalue weighted by Gasteiger charge is 2.43. The van der Waals surface area contributed by atoms with Crippen molar-refractivity contribution in [1.29, 1.82) is 0 Å². The lowest BCUT2D eigenvalue weighted by molar-refractivity contribution is -0.00600. The van der Waals surface area contributed by atoms with E-state index in [1.54, 1.807) is 18.1 Å². The van der Waals surface area contributed by atoms with Crippen molar-refractivity contribution < 1.29 is 14.6 Å². The lowest BCUT2D eigenvalue weighted by Gasteiger charge is -2.20. The highest BCUT2D eigenvalue weighted by Crippen LogP contribution is 2.39. The first-order valence-corrected chi connectivity index (χ1v) is 10.2. The number of nitrogens with two attached hydrogens (primary N) is 1. The SMILES string of the molecule is CCS[C@H]1[C@H](O)[C@@H](C)O[C@H]1n1cnc2c(N)nc(OC3CCCC3)nc21. The number of nitrogen functional groups attached to an aromatic ring is 1. The fourth-order valence-electron chi connectivity index (χ4n) is 3.72. The van der Waals surface area contributed by atoms with E-state index in [0.29, 0.717) is 17.0 Å². The van der Waals surface area contributed by atoms with Crippen molar-refractivity contribution in [2.24, 2.45) is 0 Å². The van der Waals surface area contributed by atoms with E-state index >= 15 is 0 Å². The predicted octanol–water partition coefficient (Wildman–Crippen LogP) is 2.13. The van der Waals surface area contributed by atoms with Gasteiger partial charge in [-0.25, -0.2) is 4.98 Å². The van der Waals surface area contributed by atoms with E-state index in [0.717, 1.165) is 18.6 Å². The molecule has 26 heavy (non-hydrogen) atoms. The molecule has 1 saturated carbocycles. The van der Waals surface area contributed by atoms with Gasteiger partial charge in [0, 0.05) is 0 Å². The van der Waals surface area contributed by atoms with Crippen LogP contribution in [-0.2, 0) is 4.74 Å². The lowest BCUT2D eigenvalue weighted by atomic mass is 10.2. The molecule has 1 saturated heterocycles. The summed E-state index contributed by atoms with van der Waals surface area (Å²) in [5.41, 5.74) is 7.20. The molecule has 3 N–H and O–H groups in total. The first kappa shape index (κ1) is 17.8. The summed E-state index contributed by atoms with van der Waals surface area (Å²) < 4.78 is 13.8. The summed E-state index contributed by atoms with van der Waals surface area (Å²) >= 11 is 1.67.